The fourth-order valence-electron chi connectivity index (χ4n) is 2.42. The van der Waals surface area contributed by atoms with Crippen LogP contribution < -0.4 is 10.5 Å². The number of nitrogens with zero attached hydrogens (tertiary/aromatic N) is 2. The highest BCUT2D eigenvalue weighted by Gasteiger charge is 2.18. The van der Waals surface area contributed by atoms with Crippen molar-refractivity contribution in [2.45, 2.75) is 25.7 Å². The number of benzene rings is 1. The Morgan fingerprint density at radius 2 is 1.95 bits per heavy atom. The van der Waals surface area contributed by atoms with Crippen molar-refractivity contribution in [1.82, 2.24) is 9.97 Å². The highest BCUT2D eigenvalue weighted by atomic mass is 16.5. The van der Waals surface area contributed by atoms with E-state index >= 15 is 0 Å². The van der Waals surface area contributed by atoms with E-state index in [0.29, 0.717) is 12.4 Å². The van der Waals surface area contributed by atoms with Crippen LogP contribution in [-0.2, 0) is 19.3 Å². The minimum atomic E-state index is 0.666. The van der Waals surface area contributed by atoms with Crippen molar-refractivity contribution in [2.24, 2.45) is 5.73 Å². The van der Waals surface area contributed by atoms with Gasteiger partial charge in [0.2, 0.25) is 5.88 Å². The van der Waals surface area contributed by atoms with Crippen LogP contribution in [0.1, 0.15) is 23.2 Å². The molecule has 1 heterocycles. The number of hydrogen-bond donors (Lipinski definition) is 1. The summed E-state index contributed by atoms with van der Waals surface area (Å²) < 4.78 is 5.87. The zero-order valence-electron chi connectivity index (χ0n) is 10.8. The third-order valence-corrected chi connectivity index (χ3v) is 3.41. The molecule has 0 amide bonds. The Hall–Kier alpha value is -1.94. The summed E-state index contributed by atoms with van der Waals surface area (Å²) in [6.45, 7) is 0.666. The van der Waals surface area contributed by atoms with E-state index in [1.807, 2.05) is 24.3 Å². The Morgan fingerprint density at radius 3 is 2.74 bits per heavy atom. The van der Waals surface area contributed by atoms with Gasteiger partial charge in [0.1, 0.15) is 12.1 Å². The molecule has 3 rings (SSSR count). The van der Waals surface area contributed by atoms with Crippen LogP contribution in [0.15, 0.2) is 30.6 Å². The SMILES string of the molecule is NCCc1ccc(Oc2ncnc3c2CCC3)cc1. The van der Waals surface area contributed by atoms with Crippen molar-refractivity contribution in [3.05, 3.63) is 47.4 Å². The van der Waals surface area contributed by atoms with E-state index in [0.717, 1.165) is 42.7 Å². The van der Waals surface area contributed by atoms with E-state index in [2.05, 4.69) is 9.97 Å². The molecule has 2 N–H and O–H groups in total. The molecule has 0 fully saturated rings. The Morgan fingerprint density at radius 1 is 1.11 bits per heavy atom. The summed E-state index contributed by atoms with van der Waals surface area (Å²) in [5, 5.41) is 0. The Labute approximate surface area is 112 Å². The highest BCUT2D eigenvalue weighted by Crippen LogP contribution is 2.30. The molecule has 1 aromatic carbocycles. The summed E-state index contributed by atoms with van der Waals surface area (Å²) in [7, 11) is 0. The topological polar surface area (TPSA) is 61.0 Å². The van der Waals surface area contributed by atoms with Crippen molar-refractivity contribution in [3.8, 4) is 11.6 Å². The van der Waals surface area contributed by atoms with E-state index in [9.17, 15) is 0 Å². The minimum Gasteiger partial charge on any atom is -0.439 e. The van der Waals surface area contributed by atoms with E-state index in [-0.39, 0.29) is 0 Å². The second kappa shape index (κ2) is 5.36. The molecule has 0 unspecified atom stereocenters. The van der Waals surface area contributed by atoms with Crippen molar-refractivity contribution in [2.75, 3.05) is 6.54 Å². The monoisotopic (exact) mass is 255 g/mol. The van der Waals surface area contributed by atoms with Crippen LogP contribution >= 0.6 is 0 Å². The minimum absolute atomic E-state index is 0.666. The summed E-state index contributed by atoms with van der Waals surface area (Å²) >= 11 is 0. The molecule has 19 heavy (non-hydrogen) atoms. The van der Waals surface area contributed by atoms with Crippen molar-refractivity contribution < 1.29 is 4.74 Å². The van der Waals surface area contributed by atoms with Gasteiger partial charge in [-0.15, -0.1) is 0 Å². The molecule has 0 bridgehead atoms. The first-order valence-corrected chi connectivity index (χ1v) is 6.66. The lowest BCUT2D eigenvalue weighted by Crippen LogP contribution is -2.02. The predicted octanol–water partition coefficient (Wildman–Crippen LogP) is 2.26. The van der Waals surface area contributed by atoms with Crippen LogP contribution in [0, 0.1) is 0 Å². The zero-order chi connectivity index (χ0) is 13.1. The third-order valence-electron chi connectivity index (χ3n) is 3.41. The first kappa shape index (κ1) is 12.1. The van der Waals surface area contributed by atoms with Gasteiger partial charge in [-0.2, -0.15) is 0 Å². The van der Waals surface area contributed by atoms with Gasteiger partial charge >= 0.3 is 0 Å². The maximum Gasteiger partial charge on any atom is 0.225 e. The molecule has 4 heteroatoms. The molecule has 1 aliphatic rings. The summed E-state index contributed by atoms with van der Waals surface area (Å²) in [4.78, 5) is 8.55. The maximum absolute atomic E-state index is 5.87. The first-order chi connectivity index (χ1) is 9.36. The van der Waals surface area contributed by atoms with Gasteiger partial charge in [-0.1, -0.05) is 12.1 Å². The van der Waals surface area contributed by atoms with Crippen LogP contribution in [0.25, 0.3) is 0 Å². The van der Waals surface area contributed by atoms with Crippen molar-refractivity contribution >= 4 is 0 Å². The number of fused-ring (bicyclic) bond motifs is 1. The molecule has 0 saturated carbocycles. The highest BCUT2D eigenvalue weighted by molar-refractivity contribution is 5.37. The van der Waals surface area contributed by atoms with Gasteiger partial charge in [0.05, 0.1) is 5.69 Å². The number of rotatable bonds is 4. The molecule has 0 spiro atoms. The molecule has 0 atom stereocenters. The van der Waals surface area contributed by atoms with Gasteiger partial charge in [0.15, 0.2) is 0 Å². The van der Waals surface area contributed by atoms with Crippen LogP contribution in [-0.4, -0.2) is 16.5 Å². The van der Waals surface area contributed by atoms with Crippen molar-refractivity contribution in [3.63, 3.8) is 0 Å². The van der Waals surface area contributed by atoms with Crippen LogP contribution in [0.4, 0.5) is 0 Å². The number of nitrogens with two attached hydrogens (primary N) is 1. The first-order valence-electron chi connectivity index (χ1n) is 6.66. The maximum atomic E-state index is 5.87. The van der Waals surface area contributed by atoms with Crippen LogP contribution in [0.3, 0.4) is 0 Å². The molecule has 1 aromatic heterocycles. The number of aryl methyl sites for hydroxylation is 1. The molecular weight excluding hydrogens is 238 g/mol. The van der Waals surface area contributed by atoms with Crippen LogP contribution in [0.2, 0.25) is 0 Å². The second-order valence-corrected chi connectivity index (χ2v) is 4.74. The summed E-state index contributed by atoms with van der Waals surface area (Å²) in [6.07, 6.45) is 5.66. The summed E-state index contributed by atoms with van der Waals surface area (Å²) in [5.41, 5.74) is 9.05. The standard InChI is InChI=1S/C15H17N3O/c16-9-8-11-4-6-12(7-5-11)19-15-13-2-1-3-14(13)17-10-18-15/h4-7,10H,1-3,8-9,16H2. The lowest BCUT2D eigenvalue weighted by atomic mass is 10.1. The smallest absolute Gasteiger partial charge is 0.225 e. The molecule has 98 valence electrons. The van der Waals surface area contributed by atoms with Gasteiger partial charge in [0.25, 0.3) is 0 Å². The lowest BCUT2D eigenvalue weighted by molar-refractivity contribution is 0.455. The fraction of sp³-hybridized carbons (Fsp3) is 0.333. The van der Waals surface area contributed by atoms with Gasteiger partial charge in [-0.25, -0.2) is 9.97 Å². The van der Waals surface area contributed by atoms with E-state index < -0.39 is 0 Å². The normalized spacial score (nSPS) is 13.3. The van der Waals surface area contributed by atoms with Crippen LogP contribution in [0.5, 0.6) is 11.6 Å². The Kier molecular flexibility index (Phi) is 3.42. The van der Waals surface area contributed by atoms with Gasteiger partial charge in [-0.3, -0.25) is 0 Å². The van der Waals surface area contributed by atoms with Crippen molar-refractivity contribution in [1.29, 1.82) is 0 Å². The molecule has 0 radical (unpaired) electrons. The number of hydrogen-bond acceptors (Lipinski definition) is 4. The molecule has 4 nitrogen and oxygen atoms in total. The number of ether oxygens (including phenoxy) is 1. The van der Waals surface area contributed by atoms with Gasteiger partial charge in [0, 0.05) is 5.56 Å². The lowest BCUT2D eigenvalue weighted by Gasteiger charge is -2.09. The average molecular weight is 255 g/mol. The van der Waals surface area contributed by atoms with Gasteiger partial charge in [-0.05, 0) is 49.9 Å². The molecule has 1 aliphatic carbocycles. The second-order valence-electron chi connectivity index (χ2n) is 4.74. The predicted molar refractivity (Wildman–Crippen MR) is 73.3 cm³/mol. The molecular formula is C15H17N3O. The average Bonchev–Trinajstić information content (AvgIpc) is 2.91. The summed E-state index contributed by atoms with van der Waals surface area (Å²) in [6, 6.07) is 8.02. The van der Waals surface area contributed by atoms with E-state index in [4.69, 9.17) is 10.5 Å². The molecule has 0 aliphatic heterocycles. The molecule has 2 aromatic rings. The largest absolute Gasteiger partial charge is 0.439 e. The van der Waals surface area contributed by atoms with E-state index in [1.165, 1.54) is 5.56 Å². The summed E-state index contributed by atoms with van der Waals surface area (Å²) in [5.74, 6) is 1.52. The Balaban J connectivity index is 1.80. The van der Waals surface area contributed by atoms with E-state index in [1.54, 1.807) is 6.33 Å². The Bertz CT molecular complexity index is 566. The fourth-order valence-corrected chi connectivity index (χ4v) is 2.42. The molecule has 0 saturated heterocycles. The van der Waals surface area contributed by atoms with Gasteiger partial charge < -0.3 is 10.5 Å². The number of aromatic nitrogens is 2. The quantitative estimate of drug-likeness (QED) is 0.910. The third kappa shape index (κ3) is 2.58. The zero-order valence-corrected chi connectivity index (χ0v) is 10.8.